The Kier molecular flexibility index (Phi) is 3.52. The molecule has 23 heavy (non-hydrogen) atoms. The van der Waals surface area contributed by atoms with Crippen LogP contribution in [0.25, 0.3) is 0 Å². The molecule has 0 aliphatic carbocycles. The Bertz CT molecular complexity index is 855. The van der Waals surface area contributed by atoms with E-state index in [1.54, 1.807) is 38.1 Å². The van der Waals surface area contributed by atoms with E-state index in [0.29, 0.717) is 22.8 Å². The molecule has 0 spiro atoms. The topological polar surface area (TPSA) is 118 Å². The highest BCUT2D eigenvalue weighted by Gasteiger charge is 2.38. The van der Waals surface area contributed by atoms with E-state index in [9.17, 15) is 13.2 Å². The fourth-order valence-corrected chi connectivity index (χ4v) is 4.42. The van der Waals surface area contributed by atoms with Gasteiger partial charge in [-0.3, -0.25) is 14.2 Å². The number of ether oxygens (including phenoxy) is 1. The first-order chi connectivity index (χ1) is 10.8. The molecule has 122 valence electrons. The van der Waals surface area contributed by atoms with Gasteiger partial charge in [0.2, 0.25) is 0 Å². The van der Waals surface area contributed by atoms with Gasteiger partial charge in [-0.2, -0.15) is 5.10 Å². The van der Waals surface area contributed by atoms with Crippen molar-refractivity contribution in [1.82, 2.24) is 10.2 Å². The van der Waals surface area contributed by atoms with Crippen LogP contribution in [0, 0.1) is 13.8 Å². The van der Waals surface area contributed by atoms with Crippen LogP contribution in [0.15, 0.2) is 29.2 Å². The maximum atomic E-state index is 13.1. The lowest BCUT2D eigenvalue weighted by Crippen LogP contribution is -2.49. The molecule has 1 aromatic heterocycles. The number of H-pyrrole nitrogens is 1. The molecule has 3 N–H and O–H groups in total. The van der Waals surface area contributed by atoms with Gasteiger partial charge in [0.05, 0.1) is 23.6 Å². The molecular weight excluding hydrogens is 320 g/mol. The Morgan fingerprint density at radius 1 is 1.39 bits per heavy atom. The first kappa shape index (κ1) is 15.3. The van der Waals surface area contributed by atoms with Crippen LogP contribution >= 0.6 is 0 Å². The number of benzene rings is 1. The number of rotatable bonds is 3. The van der Waals surface area contributed by atoms with E-state index >= 15 is 0 Å². The Morgan fingerprint density at radius 2 is 2.09 bits per heavy atom. The summed E-state index contributed by atoms with van der Waals surface area (Å²) in [5.41, 5.74) is 6.47. The Labute approximate surface area is 133 Å². The highest BCUT2D eigenvalue weighted by molar-refractivity contribution is 7.93. The molecule has 8 nitrogen and oxygen atoms in total. The number of nitrogens with two attached hydrogens (primary N) is 1. The molecule has 2 heterocycles. The second-order valence-corrected chi connectivity index (χ2v) is 7.08. The van der Waals surface area contributed by atoms with Crippen molar-refractivity contribution < 1.29 is 17.9 Å². The highest BCUT2D eigenvalue weighted by Crippen LogP contribution is 2.37. The number of nitrogens with one attached hydrogen (secondary N) is 1. The predicted molar refractivity (Wildman–Crippen MR) is 82.6 cm³/mol. The van der Waals surface area contributed by atoms with E-state index in [-0.39, 0.29) is 11.4 Å². The average Bonchev–Trinajstić information content (AvgIpc) is 2.85. The zero-order valence-corrected chi connectivity index (χ0v) is 13.4. The number of aromatic amines is 1. The third-order valence-corrected chi connectivity index (χ3v) is 5.70. The molecule has 1 aromatic carbocycles. The van der Waals surface area contributed by atoms with E-state index in [0.717, 1.165) is 4.31 Å². The quantitative estimate of drug-likeness (QED) is 0.844. The number of para-hydroxylation sites is 2. The first-order valence-electron chi connectivity index (χ1n) is 6.91. The maximum absolute atomic E-state index is 13.1. The number of aromatic nitrogens is 2. The fraction of sp³-hybridized carbons (Fsp3) is 0.286. The lowest BCUT2D eigenvalue weighted by atomic mass is 10.2. The van der Waals surface area contributed by atoms with E-state index in [4.69, 9.17) is 10.5 Å². The van der Waals surface area contributed by atoms with Crippen LogP contribution in [-0.2, 0) is 14.8 Å². The van der Waals surface area contributed by atoms with Crippen LogP contribution in [0.5, 0.6) is 5.75 Å². The van der Waals surface area contributed by atoms with E-state index in [1.165, 1.54) is 0 Å². The number of fused-ring (bicyclic) bond motifs is 1. The molecule has 1 aliphatic heterocycles. The molecule has 2 aromatic rings. The summed E-state index contributed by atoms with van der Waals surface area (Å²) in [7, 11) is -3.91. The standard InChI is InChI=1S/C14H16N4O4S/c1-8-13(9(2)17-16-8)23(20,21)18-7-12(14(15)19)22-11-6-4-3-5-10(11)18/h3-6,12H,7H2,1-2H3,(H2,15,19)(H,16,17). The first-order valence-corrected chi connectivity index (χ1v) is 8.35. The number of primary amides is 1. The summed E-state index contributed by atoms with van der Waals surface area (Å²) in [5.74, 6) is -0.426. The number of amides is 1. The van der Waals surface area contributed by atoms with E-state index in [1.807, 2.05) is 0 Å². The number of carbonyl (C=O) groups excluding carboxylic acids is 1. The summed E-state index contributed by atoms with van der Waals surface area (Å²) >= 11 is 0. The molecule has 1 amide bonds. The van der Waals surface area contributed by atoms with E-state index < -0.39 is 22.0 Å². The van der Waals surface area contributed by atoms with Crippen molar-refractivity contribution in [3.8, 4) is 5.75 Å². The third-order valence-electron chi connectivity index (χ3n) is 3.66. The minimum absolute atomic E-state index is 0.0948. The lowest BCUT2D eigenvalue weighted by molar-refractivity contribution is -0.124. The molecular formula is C14H16N4O4S. The fourth-order valence-electron chi connectivity index (χ4n) is 2.61. The second-order valence-electron chi connectivity index (χ2n) is 5.28. The monoisotopic (exact) mass is 336 g/mol. The largest absolute Gasteiger partial charge is 0.476 e. The molecule has 3 rings (SSSR count). The van der Waals surface area contributed by atoms with Crippen molar-refractivity contribution in [3.63, 3.8) is 0 Å². The molecule has 0 fully saturated rings. The van der Waals surface area contributed by atoms with Crippen LogP contribution in [-0.4, -0.2) is 37.2 Å². The van der Waals surface area contributed by atoms with Crippen molar-refractivity contribution in [1.29, 1.82) is 0 Å². The number of hydrogen-bond donors (Lipinski definition) is 2. The number of carbonyl (C=O) groups is 1. The maximum Gasteiger partial charge on any atom is 0.268 e. The molecule has 1 atom stereocenters. The lowest BCUT2D eigenvalue weighted by Gasteiger charge is -2.34. The number of sulfonamides is 1. The minimum atomic E-state index is -3.91. The van der Waals surface area contributed by atoms with Crippen molar-refractivity contribution >= 4 is 21.6 Å². The van der Waals surface area contributed by atoms with Crippen molar-refractivity contribution in [2.45, 2.75) is 24.8 Å². The summed E-state index contributed by atoms with van der Waals surface area (Å²) in [6.45, 7) is 3.05. The molecule has 1 aliphatic rings. The summed E-state index contributed by atoms with van der Waals surface area (Å²) in [6.07, 6.45) is -1.05. The van der Waals surface area contributed by atoms with Crippen LogP contribution < -0.4 is 14.8 Å². The summed E-state index contributed by atoms with van der Waals surface area (Å²) in [6, 6.07) is 6.61. The minimum Gasteiger partial charge on any atom is -0.476 e. The van der Waals surface area contributed by atoms with Gasteiger partial charge in [-0.15, -0.1) is 0 Å². The van der Waals surface area contributed by atoms with Gasteiger partial charge in [0.1, 0.15) is 10.6 Å². The Balaban J connectivity index is 2.16. The zero-order valence-electron chi connectivity index (χ0n) is 12.6. The number of hydrogen-bond acceptors (Lipinski definition) is 5. The highest BCUT2D eigenvalue weighted by atomic mass is 32.2. The molecule has 0 saturated carbocycles. The van der Waals surface area contributed by atoms with Crippen LogP contribution in [0.3, 0.4) is 0 Å². The normalized spacial score (nSPS) is 17.5. The van der Waals surface area contributed by atoms with Gasteiger partial charge in [-0.05, 0) is 26.0 Å². The zero-order chi connectivity index (χ0) is 16.8. The molecule has 9 heteroatoms. The summed E-state index contributed by atoms with van der Waals surface area (Å²) < 4.78 is 32.8. The smallest absolute Gasteiger partial charge is 0.268 e. The third kappa shape index (κ3) is 2.42. The van der Waals surface area contributed by atoms with Crippen molar-refractivity contribution in [2.24, 2.45) is 5.73 Å². The van der Waals surface area contributed by atoms with Gasteiger partial charge < -0.3 is 10.5 Å². The van der Waals surface area contributed by atoms with Crippen LogP contribution in [0.2, 0.25) is 0 Å². The second kappa shape index (κ2) is 5.27. The molecule has 0 bridgehead atoms. The Hall–Kier alpha value is -2.55. The van der Waals surface area contributed by atoms with Gasteiger partial charge in [-0.25, -0.2) is 8.42 Å². The summed E-state index contributed by atoms with van der Waals surface area (Å²) in [4.78, 5) is 11.6. The van der Waals surface area contributed by atoms with E-state index in [2.05, 4.69) is 10.2 Å². The SMILES string of the molecule is Cc1n[nH]c(C)c1S(=O)(=O)N1CC(C(N)=O)Oc2ccccc21. The van der Waals surface area contributed by atoms with Crippen LogP contribution in [0.4, 0.5) is 5.69 Å². The molecule has 0 saturated heterocycles. The van der Waals surface area contributed by atoms with Gasteiger partial charge in [0.25, 0.3) is 15.9 Å². The number of nitrogens with zero attached hydrogens (tertiary/aromatic N) is 2. The Morgan fingerprint density at radius 3 is 2.70 bits per heavy atom. The predicted octanol–water partition coefficient (Wildman–Crippen LogP) is 0.468. The van der Waals surface area contributed by atoms with Gasteiger partial charge >= 0.3 is 0 Å². The van der Waals surface area contributed by atoms with Gasteiger partial charge in [0.15, 0.2) is 6.10 Å². The number of anilines is 1. The summed E-state index contributed by atoms with van der Waals surface area (Å²) in [5, 5.41) is 6.60. The van der Waals surface area contributed by atoms with Crippen LogP contribution in [0.1, 0.15) is 11.4 Å². The molecule has 0 radical (unpaired) electrons. The number of aryl methyl sites for hydroxylation is 2. The van der Waals surface area contributed by atoms with Gasteiger partial charge in [0, 0.05) is 0 Å². The molecule has 1 unspecified atom stereocenters. The average molecular weight is 336 g/mol. The van der Waals surface area contributed by atoms with Crippen molar-refractivity contribution in [3.05, 3.63) is 35.7 Å². The van der Waals surface area contributed by atoms with Gasteiger partial charge in [-0.1, -0.05) is 12.1 Å². The van der Waals surface area contributed by atoms with Crippen molar-refractivity contribution in [2.75, 3.05) is 10.8 Å².